The highest BCUT2D eigenvalue weighted by Crippen LogP contribution is 2.22. The Labute approximate surface area is 133 Å². The lowest BCUT2D eigenvalue weighted by Gasteiger charge is -2.08. The van der Waals surface area contributed by atoms with E-state index in [0.29, 0.717) is 16.8 Å². The predicted molar refractivity (Wildman–Crippen MR) is 81.3 cm³/mol. The van der Waals surface area contributed by atoms with Gasteiger partial charge in [-0.15, -0.1) is 0 Å². The molecule has 0 saturated heterocycles. The molecule has 0 unspecified atom stereocenters. The van der Waals surface area contributed by atoms with Crippen LogP contribution in [0.5, 0.6) is 5.75 Å². The summed E-state index contributed by atoms with van der Waals surface area (Å²) in [5.41, 5.74) is 1.38. The number of rotatable bonds is 6. The van der Waals surface area contributed by atoms with Crippen LogP contribution in [-0.4, -0.2) is 22.8 Å². The van der Waals surface area contributed by atoms with Gasteiger partial charge in [0.25, 0.3) is 5.91 Å². The molecule has 1 N–H and O–H groups in total. The molecule has 0 spiro atoms. The van der Waals surface area contributed by atoms with Crippen LogP contribution in [0, 0.1) is 18.6 Å². The number of benzene rings is 1. The Hall–Kier alpha value is -2.44. The van der Waals surface area contributed by atoms with Crippen LogP contribution in [-0.2, 0) is 13.1 Å². The third-order valence-electron chi connectivity index (χ3n) is 3.36. The molecule has 2 aromatic rings. The third kappa shape index (κ3) is 3.85. The van der Waals surface area contributed by atoms with Crippen molar-refractivity contribution in [2.45, 2.75) is 33.4 Å². The molecule has 7 heteroatoms. The second-order valence-corrected chi connectivity index (χ2v) is 5.17. The topological polar surface area (TPSA) is 56.2 Å². The van der Waals surface area contributed by atoms with Crippen LogP contribution in [0.1, 0.15) is 35.0 Å². The van der Waals surface area contributed by atoms with E-state index < -0.39 is 17.4 Å². The molecule has 23 heavy (non-hydrogen) atoms. The first-order valence-electron chi connectivity index (χ1n) is 7.30. The van der Waals surface area contributed by atoms with Crippen molar-refractivity contribution in [3.63, 3.8) is 0 Å². The highest BCUT2D eigenvalue weighted by molar-refractivity contribution is 5.94. The minimum atomic E-state index is -0.802. The fourth-order valence-electron chi connectivity index (χ4n) is 2.27. The zero-order valence-electron chi connectivity index (χ0n) is 13.3. The molecule has 124 valence electrons. The molecule has 0 atom stereocenters. The van der Waals surface area contributed by atoms with Crippen LogP contribution in [0.15, 0.2) is 18.3 Å². The first kappa shape index (κ1) is 16.9. The molecule has 1 heterocycles. The summed E-state index contributed by atoms with van der Waals surface area (Å²) in [5, 5.41) is 6.88. The average molecular weight is 323 g/mol. The number of hydrogen-bond donors (Lipinski definition) is 1. The number of hydrogen-bond acceptors (Lipinski definition) is 3. The number of carbonyl (C=O) groups excluding carboxylic acids is 1. The Morgan fingerprint density at radius 2 is 2.00 bits per heavy atom. The highest BCUT2D eigenvalue weighted by atomic mass is 19.1. The van der Waals surface area contributed by atoms with Crippen LogP contribution in [0.2, 0.25) is 0 Å². The van der Waals surface area contributed by atoms with E-state index >= 15 is 0 Å². The molecule has 1 aromatic heterocycles. The van der Waals surface area contributed by atoms with Gasteiger partial charge >= 0.3 is 0 Å². The Morgan fingerprint density at radius 1 is 1.35 bits per heavy atom. The van der Waals surface area contributed by atoms with Gasteiger partial charge in [0, 0.05) is 19.3 Å². The number of aryl methyl sites for hydroxylation is 2. The van der Waals surface area contributed by atoms with Gasteiger partial charge in [0.05, 0.1) is 18.4 Å². The van der Waals surface area contributed by atoms with Crippen LogP contribution in [0.4, 0.5) is 8.78 Å². The first-order chi connectivity index (χ1) is 11.0. The fraction of sp³-hybridized carbons (Fsp3) is 0.375. The van der Waals surface area contributed by atoms with Gasteiger partial charge in [-0.25, -0.2) is 8.78 Å². The van der Waals surface area contributed by atoms with Crippen molar-refractivity contribution in [1.29, 1.82) is 0 Å². The lowest BCUT2D eigenvalue weighted by molar-refractivity contribution is 0.0950. The highest BCUT2D eigenvalue weighted by Gasteiger charge is 2.15. The number of halogens is 2. The minimum absolute atomic E-state index is 0.00899. The molecule has 2 rings (SSSR count). The van der Waals surface area contributed by atoms with Gasteiger partial charge in [0.1, 0.15) is 0 Å². The first-order valence-corrected chi connectivity index (χ1v) is 7.30. The summed E-state index contributed by atoms with van der Waals surface area (Å²) in [5.74, 6) is -2.37. The molecule has 0 radical (unpaired) electrons. The van der Waals surface area contributed by atoms with Crippen molar-refractivity contribution in [2.24, 2.45) is 0 Å². The fourth-order valence-corrected chi connectivity index (χ4v) is 2.27. The van der Waals surface area contributed by atoms with Gasteiger partial charge in [0.2, 0.25) is 0 Å². The second-order valence-electron chi connectivity index (χ2n) is 5.17. The number of amides is 1. The molecule has 0 saturated carbocycles. The molecule has 1 amide bonds. The maximum absolute atomic E-state index is 13.6. The molecule has 0 bridgehead atoms. The van der Waals surface area contributed by atoms with Crippen molar-refractivity contribution in [3.8, 4) is 5.75 Å². The van der Waals surface area contributed by atoms with E-state index in [4.69, 9.17) is 0 Å². The lowest BCUT2D eigenvalue weighted by atomic mass is 10.2. The summed E-state index contributed by atoms with van der Waals surface area (Å²) in [6.07, 6.45) is 2.58. The Morgan fingerprint density at radius 3 is 2.57 bits per heavy atom. The SMILES string of the molecule is CCCn1cc(C(=O)NCc2cc(F)c(OC)c(F)c2)c(C)n1. The summed E-state index contributed by atoms with van der Waals surface area (Å²) < 4.78 is 33.6. The zero-order chi connectivity index (χ0) is 17.0. The van der Waals surface area contributed by atoms with Gasteiger partial charge < -0.3 is 10.1 Å². The summed E-state index contributed by atoms with van der Waals surface area (Å²) in [6, 6.07) is 2.27. The summed E-state index contributed by atoms with van der Waals surface area (Å²) in [6.45, 7) is 4.50. The number of methoxy groups -OCH3 is 1. The van der Waals surface area contributed by atoms with Gasteiger partial charge in [0.15, 0.2) is 17.4 Å². The van der Waals surface area contributed by atoms with Crippen molar-refractivity contribution in [1.82, 2.24) is 15.1 Å². The smallest absolute Gasteiger partial charge is 0.255 e. The van der Waals surface area contributed by atoms with Crippen molar-refractivity contribution < 1.29 is 18.3 Å². The van der Waals surface area contributed by atoms with Crippen LogP contribution in [0.25, 0.3) is 0 Å². The number of nitrogens with one attached hydrogen (secondary N) is 1. The minimum Gasteiger partial charge on any atom is -0.491 e. The molecule has 0 aliphatic heterocycles. The van der Waals surface area contributed by atoms with Gasteiger partial charge in [-0.2, -0.15) is 5.10 Å². The predicted octanol–water partition coefficient (Wildman–Crippen LogP) is 2.82. The Balaban J connectivity index is 2.07. The van der Waals surface area contributed by atoms with Crippen LogP contribution < -0.4 is 10.1 Å². The molecular weight excluding hydrogens is 304 g/mol. The second kappa shape index (κ2) is 7.21. The van der Waals surface area contributed by atoms with Crippen LogP contribution in [0.3, 0.4) is 0 Å². The molecule has 5 nitrogen and oxygen atoms in total. The summed E-state index contributed by atoms with van der Waals surface area (Å²) in [4.78, 5) is 12.2. The Bertz CT molecular complexity index is 690. The third-order valence-corrected chi connectivity index (χ3v) is 3.36. The van der Waals surface area contributed by atoms with Gasteiger partial charge in [-0.3, -0.25) is 9.48 Å². The van der Waals surface area contributed by atoms with E-state index in [2.05, 4.69) is 15.2 Å². The van der Waals surface area contributed by atoms with E-state index in [1.165, 1.54) is 7.11 Å². The molecular formula is C16H19F2N3O2. The summed E-state index contributed by atoms with van der Waals surface area (Å²) >= 11 is 0. The van der Waals surface area contributed by atoms with E-state index in [-0.39, 0.29) is 12.5 Å². The monoisotopic (exact) mass is 323 g/mol. The molecule has 0 fully saturated rings. The van der Waals surface area contributed by atoms with E-state index in [1.54, 1.807) is 17.8 Å². The number of ether oxygens (including phenoxy) is 1. The van der Waals surface area contributed by atoms with Crippen LogP contribution >= 0.6 is 0 Å². The Kier molecular flexibility index (Phi) is 5.31. The van der Waals surface area contributed by atoms with Crippen molar-refractivity contribution >= 4 is 5.91 Å². The van der Waals surface area contributed by atoms with E-state index in [0.717, 1.165) is 25.1 Å². The number of aromatic nitrogens is 2. The molecule has 1 aromatic carbocycles. The quantitative estimate of drug-likeness (QED) is 0.889. The zero-order valence-corrected chi connectivity index (χ0v) is 13.3. The van der Waals surface area contributed by atoms with Gasteiger partial charge in [-0.05, 0) is 31.0 Å². The normalized spacial score (nSPS) is 10.7. The number of nitrogens with zero attached hydrogens (tertiary/aromatic N) is 2. The van der Waals surface area contributed by atoms with Gasteiger partial charge in [-0.1, -0.05) is 6.92 Å². The van der Waals surface area contributed by atoms with E-state index in [9.17, 15) is 13.6 Å². The van der Waals surface area contributed by atoms with E-state index in [1.807, 2.05) is 6.92 Å². The average Bonchev–Trinajstić information content (AvgIpc) is 2.86. The summed E-state index contributed by atoms with van der Waals surface area (Å²) in [7, 11) is 1.19. The van der Waals surface area contributed by atoms with Crippen molar-refractivity contribution in [2.75, 3.05) is 7.11 Å². The molecule has 0 aliphatic carbocycles. The lowest BCUT2D eigenvalue weighted by Crippen LogP contribution is -2.23. The number of carbonyl (C=O) groups is 1. The largest absolute Gasteiger partial charge is 0.491 e. The maximum atomic E-state index is 13.6. The molecule has 0 aliphatic rings. The standard InChI is InChI=1S/C16H19F2N3O2/c1-4-5-21-9-12(10(2)20-21)16(22)19-8-11-6-13(17)15(23-3)14(18)7-11/h6-7,9H,4-5,8H2,1-3H3,(H,19,22). The van der Waals surface area contributed by atoms with Crippen molar-refractivity contribution in [3.05, 3.63) is 46.8 Å². The maximum Gasteiger partial charge on any atom is 0.255 e.